The first kappa shape index (κ1) is 19.4. The first-order chi connectivity index (χ1) is 15.7. The zero-order valence-electron chi connectivity index (χ0n) is 16.5. The molecule has 152 valence electrons. The Labute approximate surface area is 195 Å². The summed E-state index contributed by atoms with van der Waals surface area (Å²) in [5.41, 5.74) is 2.67. The van der Waals surface area contributed by atoms with Gasteiger partial charge in [-0.25, -0.2) is 0 Å². The molecule has 6 rings (SSSR count). The van der Waals surface area contributed by atoms with Crippen LogP contribution < -0.4 is 10.9 Å². The van der Waals surface area contributed by atoms with E-state index in [0.717, 1.165) is 23.4 Å². The summed E-state index contributed by atoms with van der Waals surface area (Å²) >= 11 is 4.73. The van der Waals surface area contributed by atoms with Gasteiger partial charge >= 0.3 is 0 Å². The molecular formula is C26H13NO2S3. The van der Waals surface area contributed by atoms with Gasteiger partial charge in [-0.3, -0.25) is 9.59 Å². The third-order valence-corrected chi connectivity index (χ3v) is 9.51. The summed E-state index contributed by atoms with van der Waals surface area (Å²) in [6, 6.07) is 24.6. The Morgan fingerprint density at radius 3 is 1.69 bits per heavy atom. The van der Waals surface area contributed by atoms with Gasteiger partial charge in [0.25, 0.3) is 0 Å². The molecule has 0 amide bonds. The van der Waals surface area contributed by atoms with Crippen LogP contribution in [0.25, 0.3) is 20.2 Å². The van der Waals surface area contributed by atoms with E-state index in [4.69, 9.17) is 0 Å². The SMILES string of the molecule is N#Cc1ccc(C2c3c(sc4ccccc4c3=O)Sc3sc4ccccc4c(=O)c32)cc1. The van der Waals surface area contributed by atoms with Crippen molar-refractivity contribution in [3.8, 4) is 6.07 Å². The normalized spacial score (nSPS) is 13.0. The third-order valence-electron chi connectivity index (χ3n) is 5.73. The van der Waals surface area contributed by atoms with Crippen LogP contribution in [0.5, 0.6) is 0 Å². The number of nitriles is 1. The summed E-state index contributed by atoms with van der Waals surface area (Å²) in [5, 5.41) is 10.6. The summed E-state index contributed by atoms with van der Waals surface area (Å²) < 4.78 is 3.75. The highest BCUT2D eigenvalue weighted by molar-refractivity contribution is 8.03. The second kappa shape index (κ2) is 7.42. The molecule has 5 aromatic rings. The number of rotatable bonds is 1. The molecule has 0 unspecified atom stereocenters. The molecule has 1 aliphatic rings. The summed E-state index contributed by atoms with van der Waals surface area (Å²) in [6.07, 6.45) is 0. The van der Waals surface area contributed by atoms with Crippen LogP contribution in [0.3, 0.4) is 0 Å². The maximum atomic E-state index is 13.7. The zero-order valence-corrected chi connectivity index (χ0v) is 18.9. The second-order valence-corrected chi connectivity index (χ2v) is 11.2. The van der Waals surface area contributed by atoms with Crippen LogP contribution in [0.2, 0.25) is 0 Å². The van der Waals surface area contributed by atoms with Crippen molar-refractivity contribution in [3.05, 3.63) is 115 Å². The Balaban J connectivity index is 1.74. The lowest BCUT2D eigenvalue weighted by atomic mass is 9.86. The van der Waals surface area contributed by atoms with Crippen molar-refractivity contribution >= 4 is 54.6 Å². The van der Waals surface area contributed by atoms with Crippen molar-refractivity contribution in [3.63, 3.8) is 0 Å². The van der Waals surface area contributed by atoms with Gasteiger partial charge < -0.3 is 0 Å². The summed E-state index contributed by atoms with van der Waals surface area (Å²) in [7, 11) is 0. The fourth-order valence-corrected chi connectivity index (χ4v) is 8.45. The topological polar surface area (TPSA) is 57.9 Å². The smallest absolute Gasteiger partial charge is 0.193 e. The van der Waals surface area contributed by atoms with Gasteiger partial charge in [0.2, 0.25) is 0 Å². The predicted octanol–water partition coefficient (Wildman–Crippen LogP) is 6.35. The zero-order chi connectivity index (χ0) is 21.8. The summed E-state index contributed by atoms with van der Waals surface area (Å²) in [6.45, 7) is 0. The van der Waals surface area contributed by atoms with Crippen LogP contribution in [0.15, 0.2) is 90.8 Å². The Morgan fingerprint density at radius 1 is 0.688 bits per heavy atom. The van der Waals surface area contributed by atoms with Gasteiger partial charge in [0.15, 0.2) is 10.9 Å². The lowest BCUT2D eigenvalue weighted by molar-refractivity contribution is 0.911. The molecule has 0 saturated carbocycles. The van der Waals surface area contributed by atoms with Gasteiger partial charge in [-0.2, -0.15) is 5.26 Å². The van der Waals surface area contributed by atoms with Crippen LogP contribution >= 0.6 is 34.4 Å². The molecule has 0 fully saturated rings. The Kier molecular flexibility index (Phi) is 4.51. The fourth-order valence-electron chi connectivity index (χ4n) is 4.23. The van der Waals surface area contributed by atoms with E-state index in [1.165, 1.54) is 11.8 Å². The van der Waals surface area contributed by atoms with Crippen molar-refractivity contribution in [2.24, 2.45) is 0 Å². The molecule has 32 heavy (non-hydrogen) atoms. The van der Waals surface area contributed by atoms with E-state index < -0.39 is 5.92 Å². The van der Waals surface area contributed by atoms with E-state index in [1.54, 1.807) is 34.8 Å². The van der Waals surface area contributed by atoms with Gasteiger partial charge in [0.05, 0.1) is 20.1 Å². The largest absolute Gasteiger partial charge is 0.289 e. The minimum atomic E-state index is -0.462. The minimum Gasteiger partial charge on any atom is -0.289 e. The Bertz CT molecular complexity index is 1610. The fraction of sp³-hybridized carbons (Fsp3) is 0.0385. The van der Waals surface area contributed by atoms with Crippen molar-refractivity contribution in [2.75, 3.05) is 0 Å². The maximum absolute atomic E-state index is 13.7. The maximum Gasteiger partial charge on any atom is 0.193 e. The van der Waals surface area contributed by atoms with Crippen molar-refractivity contribution in [1.29, 1.82) is 5.26 Å². The summed E-state index contributed by atoms with van der Waals surface area (Å²) in [4.78, 5) is 27.4. The Morgan fingerprint density at radius 2 is 1.19 bits per heavy atom. The van der Waals surface area contributed by atoms with E-state index in [-0.39, 0.29) is 10.9 Å². The number of fused-ring (bicyclic) bond motifs is 4. The first-order valence-electron chi connectivity index (χ1n) is 9.95. The van der Waals surface area contributed by atoms with E-state index in [1.807, 2.05) is 60.7 Å². The number of hydrogen-bond acceptors (Lipinski definition) is 6. The molecule has 1 aliphatic heterocycles. The number of benzene rings is 3. The highest BCUT2D eigenvalue weighted by Gasteiger charge is 2.34. The lowest BCUT2D eigenvalue weighted by Gasteiger charge is -2.27. The van der Waals surface area contributed by atoms with E-state index >= 15 is 0 Å². The molecule has 3 nitrogen and oxygen atoms in total. The van der Waals surface area contributed by atoms with Gasteiger partial charge in [-0.15, -0.1) is 22.7 Å². The molecular weight excluding hydrogens is 454 g/mol. The molecule has 3 aromatic carbocycles. The van der Waals surface area contributed by atoms with Crippen molar-refractivity contribution < 1.29 is 0 Å². The molecule has 0 bridgehead atoms. The molecule has 0 saturated heterocycles. The quantitative estimate of drug-likeness (QED) is 0.283. The van der Waals surface area contributed by atoms with Crippen molar-refractivity contribution in [2.45, 2.75) is 14.3 Å². The number of nitrogens with zero attached hydrogens (tertiary/aromatic N) is 1. The van der Waals surface area contributed by atoms with Crippen LogP contribution in [0, 0.1) is 11.3 Å². The monoisotopic (exact) mass is 467 g/mol. The molecule has 2 aromatic heterocycles. The average molecular weight is 468 g/mol. The molecule has 0 N–H and O–H groups in total. The lowest BCUT2D eigenvalue weighted by Crippen LogP contribution is -2.25. The molecule has 0 atom stereocenters. The second-order valence-electron chi connectivity index (χ2n) is 7.53. The van der Waals surface area contributed by atoms with Crippen LogP contribution in [0.1, 0.15) is 28.2 Å². The highest BCUT2D eigenvalue weighted by atomic mass is 32.2. The van der Waals surface area contributed by atoms with Gasteiger partial charge in [0, 0.05) is 37.2 Å². The minimum absolute atomic E-state index is 0.0283. The molecule has 0 spiro atoms. The number of hydrogen-bond donors (Lipinski definition) is 0. The Hall–Kier alpha value is -3.24. The molecule has 3 heterocycles. The standard InChI is InChI=1S/C26H13NO2S3/c27-13-14-9-11-15(12-10-14)20-21-23(28)16-5-1-3-7-18(16)30-25(21)32-26-22(20)24(29)17-6-2-4-8-19(17)31-26/h1-12,20H. The van der Waals surface area contributed by atoms with E-state index in [9.17, 15) is 14.9 Å². The van der Waals surface area contributed by atoms with E-state index in [2.05, 4.69) is 6.07 Å². The van der Waals surface area contributed by atoms with Crippen LogP contribution in [0.4, 0.5) is 0 Å². The summed E-state index contributed by atoms with van der Waals surface area (Å²) in [5.74, 6) is -0.462. The highest BCUT2D eigenvalue weighted by Crippen LogP contribution is 2.51. The van der Waals surface area contributed by atoms with Crippen molar-refractivity contribution in [1.82, 2.24) is 0 Å². The van der Waals surface area contributed by atoms with E-state index in [0.29, 0.717) is 27.5 Å². The third kappa shape index (κ3) is 2.86. The van der Waals surface area contributed by atoms with Crippen LogP contribution in [-0.2, 0) is 0 Å². The average Bonchev–Trinajstić information content (AvgIpc) is 2.83. The predicted molar refractivity (Wildman–Crippen MR) is 132 cm³/mol. The molecule has 0 radical (unpaired) electrons. The van der Waals surface area contributed by atoms with Gasteiger partial charge in [-0.05, 0) is 42.0 Å². The van der Waals surface area contributed by atoms with Crippen LogP contribution in [-0.4, -0.2) is 0 Å². The van der Waals surface area contributed by atoms with Gasteiger partial charge in [0.1, 0.15) is 0 Å². The molecule has 0 aliphatic carbocycles. The molecule has 6 heteroatoms. The van der Waals surface area contributed by atoms with Gasteiger partial charge in [-0.1, -0.05) is 48.2 Å². The first-order valence-corrected chi connectivity index (χ1v) is 12.4.